The number of piperidine rings is 1. The van der Waals surface area contributed by atoms with Crippen molar-refractivity contribution < 1.29 is 14.3 Å². The fourth-order valence-electron chi connectivity index (χ4n) is 2.93. The Morgan fingerprint density at radius 3 is 2.95 bits per heavy atom. The molecule has 0 saturated carbocycles. The van der Waals surface area contributed by atoms with E-state index in [4.69, 9.17) is 4.74 Å². The van der Waals surface area contributed by atoms with E-state index in [2.05, 4.69) is 22.9 Å². The third-order valence-corrected chi connectivity index (χ3v) is 4.14. The van der Waals surface area contributed by atoms with Crippen LogP contribution in [0.15, 0.2) is 18.2 Å². The van der Waals surface area contributed by atoms with Gasteiger partial charge in [0.1, 0.15) is 0 Å². The van der Waals surface area contributed by atoms with Crippen molar-refractivity contribution in [1.29, 1.82) is 0 Å². The Kier molecular flexibility index (Phi) is 4.02. The summed E-state index contributed by atoms with van der Waals surface area (Å²) in [5.74, 6) is 0.102. The number of nitrogens with one attached hydrogen (secondary N) is 3. The lowest BCUT2D eigenvalue weighted by Gasteiger charge is -2.29. The van der Waals surface area contributed by atoms with Gasteiger partial charge >= 0.3 is 0 Å². The molecule has 2 aliphatic rings. The Bertz CT molecular complexity index is 602. The summed E-state index contributed by atoms with van der Waals surface area (Å²) in [6.07, 6.45) is 1.23. The molecule has 2 aliphatic heterocycles. The molecule has 2 heterocycles. The number of benzene rings is 1. The van der Waals surface area contributed by atoms with Crippen molar-refractivity contribution >= 4 is 17.5 Å². The van der Waals surface area contributed by atoms with Crippen molar-refractivity contribution in [2.24, 2.45) is 0 Å². The van der Waals surface area contributed by atoms with Gasteiger partial charge in [0.2, 0.25) is 0 Å². The summed E-state index contributed by atoms with van der Waals surface area (Å²) in [5, 5.41) is 9.19. The quantitative estimate of drug-likeness (QED) is 0.769. The molecule has 0 aliphatic carbocycles. The van der Waals surface area contributed by atoms with E-state index in [9.17, 15) is 9.59 Å². The second-order valence-corrected chi connectivity index (χ2v) is 5.98. The lowest BCUT2D eigenvalue weighted by atomic mass is 10.00. The molecule has 2 amide bonds. The number of fused-ring (bicyclic) bond motifs is 1. The fourth-order valence-corrected chi connectivity index (χ4v) is 2.93. The highest BCUT2D eigenvalue weighted by atomic mass is 16.5. The maximum atomic E-state index is 12.6. The van der Waals surface area contributed by atoms with Gasteiger partial charge in [-0.15, -0.1) is 0 Å². The molecule has 0 aromatic heterocycles. The van der Waals surface area contributed by atoms with Crippen LogP contribution in [-0.2, 0) is 4.79 Å². The standard InChI is InChI=1S/C16H21N3O3/c1-9-8-11(6-7-17-9)18-16(21)12-4-3-5-13-14(12)22-10(2)15(20)19-13/h3-5,9-11,17H,6-8H2,1-2H3,(H,18,21)(H,19,20). The smallest absolute Gasteiger partial charge is 0.265 e. The van der Waals surface area contributed by atoms with E-state index in [0.29, 0.717) is 23.0 Å². The van der Waals surface area contributed by atoms with E-state index in [-0.39, 0.29) is 17.9 Å². The van der Waals surface area contributed by atoms with Gasteiger partial charge in [-0.2, -0.15) is 0 Å². The number of hydrogen-bond acceptors (Lipinski definition) is 4. The van der Waals surface area contributed by atoms with Gasteiger partial charge in [0, 0.05) is 12.1 Å². The average molecular weight is 303 g/mol. The minimum Gasteiger partial charge on any atom is -0.478 e. The average Bonchev–Trinajstić information content (AvgIpc) is 2.48. The van der Waals surface area contributed by atoms with E-state index in [0.717, 1.165) is 19.4 Å². The molecule has 1 aromatic rings. The molecule has 1 saturated heterocycles. The maximum absolute atomic E-state index is 12.6. The summed E-state index contributed by atoms with van der Waals surface area (Å²) in [4.78, 5) is 24.2. The Morgan fingerprint density at radius 2 is 2.18 bits per heavy atom. The monoisotopic (exact) mass is 303 g/mol. The normalized spacial score (nSPS) is 27.4. The number of para-hydroxylation sites is 1. The largest absolute Gasteiger partial charge is 0.478 e. The Hall–Kier alpha value is -2.08. The molecule has 6 heteroatoms. The number of hydrogen-bond donors (Lipinski definition) is 3. The summed E-state index contributed by atoms with van der Waals surface area (Å²) < 4.78 is 5.62. The van der Waals surface area contributed by atoms with Crippen molar-refractivity contribution in [3.05, 3.63) is 23.8 Å². The molecule has 6 nitrogen and oxygen atoms in total. The van der Waals surface area contributed by atoms with Gasteiger partial charge in [0.15, 0.2) is 11.9 Å². The van der Waals surface area contributed by atoms with Crippen LogP contribution < -0.4 is 20.7 Å². The Balaban J connectivity index is 1.78. The van der Waals surface area contributed by atoms with E-state index in [1.165, 1.54) is 0 Å². The van der Waals surface area contributed by atoms with Crippen molar-refractivity contribution in [2.75, 3.05) is 11.9 Å². The van der Waals surface area contributed by atoms with Crippen LogP contribution in [0.3, 0.4) is 0 Å². The molecule has 3 rings (SSSR count). The van der Waals surface area contributed by atoms with E-state index < -0.39 is 6.10 Å². The summed E-state index contributed by atoms with van der Waals surface area (Å²) in [6, 6.07) is 5.78. The first-order valence-electron chi connectivity index (χ1n) is 7.69. The number of rotatable bonds is 2. The predicted molar refractivity (Wildman–Crippen MR) is 83.1 cm³/mol. The molecule has 0 radical (unpaired) electrons. The summed E-state index contributed by atoms with van der Waals surface area (Å²) in [6.45, 7) is 4.69. The molecular weight excluding hydrogens is 282 g/mol. The van der Waals surface area contributed by atoms with E-state index >= 15 is 0 Å². The summed E-state index contributed by atoms with van der Waals surface area (Å²) in [7, 11) is 0. The lowest BCUT2D eigenvalue weighted by molar-refractivity contribution is -0.122. The molecular formula is C16H21N3O3. The summed E-state index contributed by atoms with van der Waals surface area (Å²) in [5.41, 5.74) is 1.02. The third kappa shape index (κ3) is 2.92. The zero-order valence-electron chi connectivity index (χ0n) is 12.8. The van der Waals surface area contributed by atoms with Gasteiger partial charge in [0.25, 0.3) is 11.8 Å². The van der Waals surface area contributed by atoms with Crippen molar-refractivity contribution in [1.82, 2.24) is 10.6 Å². The second-order valence-electron chi connectivity index (χ2n) is 5.98. The van der Waals surface area contributed by atoms with Crippen LogP contribution in [0.4, 0.5) is 5.69 Å². The van der Waals surface area contributed by atoms with E-state index in [1.807, 2.05) is 0 Å². The highest BCUT2D eigenvalue weighted by molar-refractivity contribution is 6.04. The van der Waals surface area contributed by atoms with Gasteiger partial charge in [-0.1, -0.05) is 6.07 Å². The number of amides is 2. The fraction of sp³-hybridized carbons (Fsp3) is 0.500. The zero-order chi connectivity index (χ0) is 15.7. The van der Waals surface area contributed by atoms with Crippen LogP contribution in [0.25, 0.3) is 0 Å². The highest BCUT2D eigenvalue weighted by Gasteiger charge is 2.28. The first-order valence-corrected chi connectivity index (χ1v) is 7.69. The van der Waals surface area contributed by atoms with Crippen LogP contribution in [0.2, 0.25) is 0 Å². The molecule has 0 spiro atoms. The number of anilines is 1. The van der Waals surface area contributed by atoms with Crippen LogP contribution >= 0.6 is 0 Å². The number of carbonyl (C=O) groups is 2. The first-order chi connectivity index (χ1) is 10.5. The first kappa shape index (κ1) is 14.8. The van der Waals surface area contributed by atoms with Gasteiger partial charge in [-0.05, 0) is 45.4 Å². The van der Waals surface area contributed by atoms with Gasteiger partial charge in [-0.25, -0.2) is 0 Å². The van der Waals surface area contributed by atoms with E-state index in [1.54, 1.807) is 25.1 Å². The molecule has 22 heavy (non-hydrogen) atoms. The lowest BCUT2D eigenvalue weighted by Crippen LogP contribution is -2.46. The third-order valence-electron chi connectivity index (χ3n) is 4.14. The topological polar surface area (TPSA) is 79.5 Å². The van der Waals surface area contributed by atoms with Crippen LogP contribution in [0, 0.1) is 0 Å². The molecule has 3 unspecified atom stereocenters. The van der Waals surface area contributed by atoms with Gasteiger partial charge in [-0.3, -0.25) is 9.59 Å². The van der Waals surface area contributed by atoms with Crippen molar-refractivity contribution in [2.45, 2.75) is 44.9 Å². The number of carbonyl (C=O) groups excluding carboxylic acids is 2. The molecule has 1 fully saturated rings. The molecule has 3 N–H and O–H groups in total. The van der Waals surface area contributed by atoms with Crippen LogP contribution in [0.5, 0.6) is 5.75 Å². The van der Waals surface area contributed by atoms with Crippen molar-refractivity contribution in [3.63, 3.8) is 0 Å². The molecule has 3 atom stereocenters. The second kappa shape index (κ2) is 5.96. The Labute approximate surface area is 129 Å². The minimum absolute atomic E-state index is 0.153. The van der Waals surface area contributed by atoms with Gasteiger partial charge < -0.3 is 20.7 Å². The maximum Gasteiger partial charge on any atom is 0.265 e. The summed E-state index contributed by atoms with van der Waals surface area (Å²) >= 11 is 0. The Morgan fingerprint density at radius 1 is 1.36 bits per heavy atom. The molecule has 1 aromatic carbocycles. The molecule has 118 valence electrons. The highest BCUT2D eigenvalue weighted by Crippen LogP contribution is 2.33. The van der Waals surface area contributed by atoms with Crippen LogP contribution in [-0.4, -0.2) is 36.5 Å². The van der Waals surface area contributed by atoms with Gasteiger partial charge in [0.05, 0.1) is 11.3 Å². The minimum atomic E-state index is -0.597. The predicted octanol–water partition coefficient (Wildman–Crippen LogP) is 1.28. The number of ether oxygens (including phenoxy) is 1. The molecule has 0 bridgehead atoms. The van der Waals surface area contributed by atoms with Crippen molar-refractivity contribution in [3.8, 4) is 5.75 Å². The SMILES string of the molecule is CC1CC(NC(=O)c2cccc3c2OC(C)C(=O)N3)CCN1. The van der Waals surface area contributed by atoms with Crippen LogP contribution in [0.1, 0.15) is 37.0 Å². The zero-order valence-corrected chi connectivity index (χ0v) is 12.8.